The molecule has 1 aliphatic rings. The van der Waals surface area contributed by atoms with Crippen LogP contribution in [0.25, 0.3) is 0 Å². The maximum Gasteiger partial charge on any atom is 0.0726 e. The molecule has 4 nitrogen and oxygen atoms in total. The summed E-state index contributed by atoms with van der Waals surface area (Å²) in [5, 5.41) is 7.37. The maximum absolute atomic E-state index is 5.07. The molecule has 1 aromatic heterocycles. The molecule has 1 aromatic rings. The van der Waals surface area contributed by atoms with E-state index in [1.165, 1.54) is 0 Å². The van der Waals surface area contributed by atoms with Gasteiger partial charge in [-0.3, -0.25) is 4.68 Å². The van der Waals surface area contributed by atoms with Gasteiger partial charge in [0.15, 0.2) is 0 Å². The zero-order chi connectivity index (χ0) is 8.39. The number of ether oxygens (including phenoxy) is 1. The lowest BCUT2D eigenvalue weighted by atomic mass is 10.1. The van der Waals surface area contributed by atoms with Crippen LogP contribution >= 0.6 is 0 Å². The first-order valence-corrected chi connectivity index (χ1v) is 4.15. The van der Waals surface area contributed by atoms with E-state index in [9.17, 15) is 0 Å². The first-order chi connectivity index (χ1) is 5.84. The Kier molecular flexibility index (Phi) is 1.99. The molecular formula is C8H13N3O. The zero-order valence-electron chi connectivity index (χ0n) is 7.16. The lowest BCUT2D eigenvalue weighted by molar-refractivity contribution is -0.0248. The number of hydrogen-bond donors (Lipinski definition) is 1. The van der Waals surface area contributed by atoms with Crippen molar-refractivity contribution in [1.82, 2.24) is 9.78 Å². The van der Waals surface area contributed by atoms with Crippen molar-refractivity contribution in [3.63, 3.8) is 0 Å². The summed E-state index contributed by atoms with van der Waals surface area (Å²) in [7, 11) is 1.91. The molecule has 0 bridgehead atoms. The van der Waals surface area contributed by atoms with E-state index in [1.54, 1.807) is 4.68 Å². The lowest BCUT2D eigenvalue weighted by Crippen LogP contribution is -2.33. The summed E-state index contributed by atoms with van der Waals surface area (Å²) < 4.78 is 6.86. The smallest absolute Gasteiger partial charge is 0.0726 e. The van der Waals surface area contributed by atoms with E-state index < -0.39 is 0 Å². The molecule has 0 aromatic carbocycles. The van der Waals surface area contributed by atoms with E-state index in [2.05, 4.69) is 10.4 Å². The number of rotatable bonds is 3. The molecule has 0 spiro atoms. The molecule has 2 heterocycles. The molecule has 0 atom stereocenters. The molecule has 0 saturated carbocycles. The van der Waals surface area contributed by atoms with Gasteiger partial charge < -0.3 is 10.1 Å². The standard InChI is InChI=1S/C8H13N3O/c1-11-4-8(3-10-11)9-2-7-5-12-6-7/h3-4,7,9H,2,5-6H2,1H3. The van der Waals surface area contributed by atoms with Gasteiger partial charge in [0, 0.05) is 25.7 Å². The third kappa shape index (κ3) is 1.58. The molecule has 4 heteroatoms. The highest BCUT2D eigenvalue weighted by Crippen LogP contribution is 2.11. The van der Waals surface area contributed by atoms with E-state index in [4.69, 9.17) is 4.74 Å². The van der Waals surface area contributed by atoms with Crippen LogP contribution in [0.4, 0.5) is 5.69 Å². The minimum atomic E-state index is 0.685. The Morgan fingerprint density at radius 3 is 3.08 bits per heavy atom. The minimum Gasteiger partial charge on any atom is -0.382 e. The van der Waals surface area contributed by atoms with Gasteiger partial charge in [0.1, 0.15) is 0 Å². The number of nitrogens with one attached hydrogen (secondary N) is 1. The first kappa shape index (κ1) is 7.61. The number of aromatic nitrogens is 2. The number of aryl methyl sites for hydroxylation is 1. The van der Waals surface area contributed by atoms with Gasteiger partial charge in [0.05, 0.1) is 25.1 Å². The average Bonchev–Trinajstić information content (AvgIpc) is 2.32. The monoisotopic (exact) mass is 167 g/mol. The Labute approximate surface area is 71.5 Å². The Balaban J connectivity index is 1.79. The Morgan fingerprint density at radius 1 is 1.75 bits per heavy atom. The van der Waals surface area contributed by atoms with Crippen molar-refractivity contribution in [2.45, 2.75) is 0 Å². The van der Waals surface area contributed by atoms with Crippen molar-refractivity contribution in [1.29, 1.82) is 0 Å². The highest BCUT2D eigenvalue weighted by Gasteiger charge is 2.17. The van der Waals surface area contributed by atoms with E-state index in [1.807, 2.05) is 19.4 Å². The quantitative estimate of drug-likeness (QED) is 0.711. The topological polar surface area (TPSA) is 39.1 Å². The van der Waals surface area contributed by atoms with Crippen molar-refractivity contribution in [2.24, 2.45) is 13.0 Å². The second-order valence-corrected chi connectivity index (χ2v) is 3.19. The molecule has 0 amide bonds. The summed E-state index contributed by atoms with van der Waals surface area (Å²) in [5.41, 5.74) is 1.09. The van der Waals surface area contributed by atoms with Crippen LogP contribution in [0.2, 0.25) is 0 Å². The van der Waals surface area contributed by atoms with Gasteiger partial charge in [-0.15, -0.1) is 0 Å². The SMILES string of the molecule is Cn1cc(NCC2COC2)cn1. The normalized spacial score (nSPS) is 17.4. The molecular weight excluding hydrogens is 154 g/mol. The lowest BCUT2D eigenvalue weighted by Gasteiger charge is -2.25. The fourth-order valence-corrected chi connectivity index (χ4v) is 1.18. The summed E-state index contributed by atoms with van der Waals surface area (Å²) in [6, 6.07) is 0. The van der Waals surface area contributed by atoms with E-state index in [-0.39, 0.29) is 0 Å². The van der Waals surface area contributed by atoms with E-state index in [0.717, 1.165) is 25.4 Å². The van der Waals surface area contributed by atoms with Gasteiger partial charge in [0.2, 0.25) is 0 Å². The molecule has 2 rings (SSSR count). The Morgan fingerprint density at radius 2 is 2.58 bits per heavy atom. The van der Waals surface area contributed by atoms with Gasteiger partial charge in [0.25, 0.3) is 0 Å². The first-order valence-electron chi connectivity index (χ1n) is 4.15. The van der Waals surface area contributed by atoms with Crippen LogP contribution in [0, 0.1) is 5.92 Å². The molecule has 0 unspecified atom stereocenters. The minimum absolute atomic E-state index is 0.685. The molecule has 0 aliphatic carbocycles. The molecule has 1 saturated heterocycles. The van der Waals surface area contributed by atoms with Crippen molar-refractivity contribution in [3.05, 3.63) is 12.4 Å². The largest absolute Gasteiger partial charge is 0.382 e. The van der Waals surface area contributed by atoms with Crippen LogP contribution in [0.5, 0.6) is 0 Å². The highest BCUT2D eigenvalue weighted by atomic mass is 16.5. The molecule has 1 aliphatic heterocycles. The summed E-state index contributed by atoms with van der Waals surface area (Å²) >= 11 is 0. The molecule has 66 valence electrons. The van der Waals surface area contributed by atoms with Gasteiger partial charge in [-0.1, -0.05) is 0 Å². The fraction of sp³-hybridized carbons (Fsp3) is 0.625. The number of hydrogen-bond acceptors (Lipinski definition) is 3. The predicted molar refractivity (Wildman–Crippen MR) is 46.0 cm³/mol. The average molecular weight is 167 g/mol. The van der Waals surface area contributed by atoms with Crippen LogP contribution in [0.1, 0.15) is 0 Å². The van der Waals surface area contributed by atoms with Crippen LogP contribution in [0.15, 0.2) is 12.4 Å². The van der Waals surface area contributed by atoms with Crippen LogP contribution in [-0.2, 0) is 11.8 Å². The van der Waals surface area contributed by atoms with Crippen LogP contribution in [-0.4, -0.2) is 29.5 Å². The van der Waals surface area contributed by atoms with Crippen LogP contribution in [0.3, 0.4) is 0 Å². The molecule has 1 N–H and O–H groups in total. The molecule has 1 fully saturated rings. The summed E-state index contributed by atoms with van der Waals surface area (Å²) in [6.07, 6.45) is 3.80. The summed E-state index contributed by atoms with van der Waals surface area (Å²) in [4.78, 5) is 0. The third-order valence-corrected chi connectivity index (χ3v) is 2.01. The third-order valence-electron chi connectivity index (χ3n) is 2.01. The highest BCUT2D eigenvalue weighted by molar-refractivity contribution is 5.37. The van der Waals surface area contributed by atoms with Crippen molar-refractivity contribution in [2.75, 3.05) is 25.1 Å². The molecule has 12 heavy (non-hydrogen) atoms. The van der Waals surface area contributed by atoms with Gasteiger partial charge in [-0.2, -0.15) is 5.10 Å². The van der Waals surface area contributed by atoms with Gasteiger partial charge in [-0.25, -0.2) is 0 Å². The summed E-state index contributed by atoms with van der Waals surface area (Å²) in [6.45, 7) is 2.78. The summed E-state index contributed by atoms with van der Waals surface area (Å²) in [5.74, 6) is 0.685. The van der Waals surface area contributed by atoms with Gasteiger partial charge in [-0.05, 0) is 0 Å². The van der Waals surface area contributed by atoms with Crippen molar-refractivity contribution in [3.8, 4) is 0 Å². The van der Waals surface area contributed by atoms with Gasteiger partial charge >= 0.3 is 0 Å². The predicted octanol–water partition coefficient (Wildman–Crippen LogP) is 0.478. The van der Waals surface area contributed by atoms with E-state index >= 15 is 0 Å². The molecule has 0 radical (unpaired) electrons. The number of anilines is 1. The Hall–Kier alpha value is -1.03. The maximum atomic E-state index is 5.07. The second kappa shape index (κ2) is 3.15. The number of nitrogens with zero attached hydrogens (tertiary/aromatic N) is 2. The second-order valence-electron chi connectivity index (χ2n) is 3.19. The Bertz CT molecular complexity index is 255. The van der Waals surface area contributed by atoms with E-state index in [0.29, 0.717) is 5.92 Å². The van der Waals surface area contributed by atoms with Crippen molar-refractivity contribution < 1.29 is 4.74 Å². The zero-order valence-corrected chi connectivity index (χ0v) is 7.16. The van der Waals surface area contributed by atoms with Crippen molar-refractivity contribution >= 4 is 5.69 Å². The van der Waals surface area contributed by atoms with Crippen LogP contribution < -0.4 is 5.32 Å². The fourth-order valence-electron chi connectivity index (χ4n) is 1.18.